The monoisotopic (exact) mass is 289 g/mol. The number of nitrogens with one attached hydrogen (secondary N) is 1. The summed E-state index contributed by atoms with van der Waals surface area (Å²) in [6.07, 6.45) is 1.50. The number of rotatable bonds is 5. The molecule has 21 heavy (non-hydrogen) atoms. The highest BCUT2D eigenvalue weighted by Crippen LogP contribution is 2.29. The number of ether oxygens (including phenoxy) is 1. The third-order valence-electron chi connectivity index (χ3n) is 3.26. The first-order chi connectivity index (χ1) is 9.74. The molecule has 1 amide bonds. The Bertz CT molecular complexity index is 460. The maximum Gasteiger partial charge on any atom is 0.408 e. The Labute approximate surface area is 128 Å². The first-order valence-corrected chi connectivity index (χ1v) is 7.41. The lowest BCUT2D eigenvalue weighted by molar-refractivity contribution is 0.0485. The van der Waals surface area contributed by atoms with Crippen molar-refractivity contribution in [2.45, 2.75) is 46.3 Å². The van der Waals surface area contributed by atoms with Gasteiger partial charge in [-0.1, -0.05) is 50.3 Å². The smallest absolute Gasteiger partial charge is 0.408 e. The topological polar surface area (TPSA) is 38.3 Å². The zero-order valence-electron chi connectivity index (χ0n) is 13.7. The molecule has 1 aromatic rings. The zero-order valence-corrected chi connectivity index (χ0v) is 13.7. The summed E-state index contributed by atoms with van der Waals surface area (Å²) in [7, 11) is 0. The van der Waals surface area contributed by atoms with Crippen molar-refractivity contribution in [1.82, 2.24) is 5.32 Å². The summed E-state index contributed by atoms with van der Waals surface area (Å²) in [5, 5.41) is 2.99. The van der Waals surface area contributed by atoms with Crippen molar-refractivity contribution in [3.05, 3.63) is 48.6 Å². The normalized spacial score (nSPS) is 14.4. The third kappa shape index (κ3) is 5.62. The average molecular weight is 289 g/mol. The second-order valence-corrected chi connectivity index (χ2v) is 6.59. The molecule has 0 heterocycles. The quantitative estimate of drug-likeness (QED) is 0.797. The molecule has 1 aromatic carbocycles. The number of benzene rings is 1. The molecule has 0 saturated carbocycles. The van der Waals surface area contributed by atoms with E-state index in [4.69, 9.17) is 4.74 Å². The Balaban J connectivity index is 2.98. The molecule has 0 radical (unpaired) electrons. The molecule has 0 unspecified atom stereocenters. The van der Waals surface area contributed by atoms with E-state index in [1.807, 2.05) is 57.2 Å². The number of alkyl carbamates (subject to hydrolysis) is 1. The molecule has 0 aliphatic carbocycles. The van der Waals surface area contributed by atoms with E-state index >= 15 is 0 Å². The summed E-state index contributed by atoms with van der Waals surface area (Å²) in [6.45, 7) is 13.7. The van der Waals surface area contributed by atoms with Gasteiger partial charge in [-0.25, -0.2) is 4.79 Å². The van der Waals surface area contributed by atoms with Crippen LogP contribution in [0.2, 0.25) is 0 Å². The highest BCUT2D eigenvalue weighted by molar-refractivity contribution is 5.68. The van der Waals surface area contributed by atoms with Crippen molar-refractivity contribution >= 4 is 6.09 Å². The molecule has 2 atom stereocenters. The van der Waals surface area contributed by atoms with Crippen LogP contribution in [0.1, 0.15) is 46.2 Å². The van der Waals surface area contributed by atoms with Gasteiger partial charge in [0.05, 0.1) is 6.04 Å². The van der Waals surface area contributed by atoms with E-state index in [1.54, 1.807) is 0 Å². The molecule has 0 fully saturated rings. The fourth-order valence-corrected chi connectivity index (χ4v) is 2.29. The van der Waals surface area contributed by atoms with Crippen molar-refractivity contribution in [2.24, 2.45) is 11.8 Å². The van der Waals surface area contributed by atoms with E-state index in [1.165, 1.54) is 0 Å². The van der Waals surface area contributed by atoms with Crippen LogP contribution in [0.25, 0.3) is 0 Å². The maximum atomic E-state index is 12.1. The Kier molecular flexibility index (Phi) is 6.01. The Morgan fingerprint density at radius 2 is 1.81 bits per heavy atom. The first kappa shape index (κ1) is 17.3. The van der Waals surface area contributed by atoms with Crippen molar-refractivity contribution in [2.75, 3.05) is 0 Å². The SMILES string of the molecule is C=C[C@H](C(C)C)[C@@H](NC(=O)OC(C)(C)C)c1ccccc1. The van der Waals surface area contributed by atoms with Gasteiger partial charge in [0, 0.05) is 5.92 Å². The van der Waals surface area contributed by atoms with E-state index in [9.17, 15) is 4.79 Å². The van der Waals surface area contributed by atoms with Crippen molar-refractivity contribution in [3.8, 4) is 0 Å². The minimum absolute atomic E-state index is 0.139. The van der Waals surface area contributed by atoms with Crippen LogP contribution in [0.4, 0.5) is 4.79 Å². The molecule has 0 aliphatic heterocycles. The molecule has 1 rings (SSSR count). The molecule has 0 saturated heterocycles. The molecular formula is C18H27NO2. The Morgan fingerprint density at radius 3 is 2.24 bits per heavy atom. The van der Waals surface area contributed by atoms with Gasteiger partial charge in [-0.15, -0.1) is 6.58 Å². The summed E-state index contributed by atoms with van der Waals surface area (Å²) in [4.78, 5) is 12.1. The number of carbonyl (C=O) groups is 1. The summed E-state index contributed by atoms with van der Waals surface area (Å²) in [5.41, 5.74) is 0.550. The van der Waals surface area contributed by atoms with Gasteiger partial charge in [0.25, 0.3) is 0 Å². The van der Waals surface area contributed by atoms with Crippen LogP contribution in [0, 0.1) is 11.8 Å². The van der Waals surface area contributed by atoms with E-state index < -0.39 is 11.7 Å². The van der Waals surface area contributed by atoms with Crippen LogP contribution in [0.15, 0.2) is 43.0 Å². The van der Waals surface area contributed by atoms with Crippen molar-refractivity contribution in [1.29, 1.82) is 0 Å². The molecule has 3 nitrogen and oxygen atoms in total. The summed E-state index contributed by atoms with van der Waals surface area (Å²) in [6, 6.07) is 9.80. The van der Waals surface area contributed by atoms with Crippen molar-refractivity contribution in [3.63, 3.8) is 0 Å². The molecule has 116 valence electrons. The van der Waals surface area contributed by atoms with E-state index in [0.29, 0.717) is 5.92 Å². The summed E-state index contributed by atoms with van der Waals surface area (Å²) in [5.74, 6) is 0.502. The number of carbonyl (C=O) groups excluding carboxylic acids is 1. The second kappa shape index (κ2) is 7.30. The van der Waals surface area contributed by atoms with E-state index in [-0.39, 0.29) is 12.0 Å². The van der Waals surface area contributed by atoms with Crippen LogP contribution in [-0.4, -0.2) is 11.7 Å². The molecule has 0 aromatic heterocycles. The minimum Gasteiger partial charge on any atom is -0.444 e. The molecule has 1 N–H and O–H groups in total. The van der Waals surface area contributed by atoms with Crippen molar-refractivity contribution < 1.29 is 9.53 Å². The van der Waals surface area contributed by atoms with Gasteiger partial charge in [0.2, 0.25) is 0 Å². The lowest BCUT2D eigenvalue weighted by Crippen LogP contribution is -2.38. The molecular weight excluding hydrogens is 262 g/mol. The average Bonchev–Trinajstić information content (AvgIpc) is 2.37. The van der Waals surface area contributed by atoms with Crippen LogP contribution in [0.3, 0.4) is 0 Å². The van der Waals surface area contributed by atoms with Crippen LogP contribution >= 0.6 is 0 Å². The highest BCUT2D eigenvalue weighted by Gasteiger charge is 2.27. The standard InChI is InChI=1S/C18H27NO2/c1-7-15(13(2)3)16(14-11-9-8-10-12-14)19-17(20)21-18(4,5)6/h7-13,15-16H,1H2,2-6H3,(H,19,20)/t15-,16+/m1/s1. The second-order valence-electron chi connectivity index (χ2n) is 6.59. The lowest BCUT2D eigenvalue weighted by atomic mass is 9.84. The highest BCUT2D eigenvalue weighted by atomic mass is 16.6. The van der Waals surface area contributed by atoms with Gasteiger partial charge in [0.15, 0.2) is 0 Å². The summed E-state index contributed by atoms with van der Waals surface area (Å²) >= 11 is 0. The fourth-order valence-electron chi connectivity index (χ4n) is 2.29. The lowest BCUT2D eigenvalue weighted by Gasteiger charge is -2.30. The van der Waals surface area contributed by atoms with E-state index in [0.717, 1.165) is 5.56 Å². The number of hydrogen-bond acceptors (Lipinski definition) is 2. The minimum atomic E-state index is -0.507. The Morgan fingerprint density at radius 1 is 1.24 bits per heavy atom. The molecule has 0 bridgehead atoms. The zero-order chi connectivity index (χ0) is 16.0. The maximum absolute atomic E-state index is 12.1. The van der Waals surface area contributed by atoms with E-state index in [2.05, 4.69) is 25.7 Å². The van der Waals surface area contributed by atoms with Gasteiger partial charge >= 0.3 is 6.09 Å². The molecule has 0 aliphatic rings. The van der Waals surface area contributed by atoms with Gasteiger partial charge in [-0.2, -0.15) is 0 Å². The Hall–Kier alpha value is -1.77. The van der Waals surface area contributed by atoms with Gasteiger partial charge in [-0.05, 0) is 32.3 Å². The predicted octanol–water partition coefficient (Wildman–Crippen LogP) is 4.71. The first-order valence-electron chi connectivity index (χ1n) is 7.41. The van der Waals surface area contributed by atoms with Crippen LogP contribution < -0.4 is 5.32 Å². The third-order valence-corrected chi connectivity index (χ3v) is 3.26. The predicted molar refractivity (Wildman–Crippen MR) is 87.1 cm³/mol. The van der Waals surface area contributed by atoms with Gasteiger partial charge in [0.1, 0.15) is 5.60 Å². The fraction of sp³-hybridized carbons (Fsp3) is 0.500. The van der Waals surface area contributed by atoms with Gasteiger partial charge < -0.3 is 10.1 Å². The summed E-state index contributed by atoms with van der Waals surface area (Å²) < 4.78 is 5.38. The number of amides is 1. The largest absolute Gasteiger partial charge is 0.444 e. The van der Waals surface area contributed by atoms with Gasteiger partial charge in [-0.3, -0.25) is 0 Å². The molecule has 3 heteroatoms. The van der Waals surface area contributed by atoms with Crippen LogP contribution in [0.5, 0.6) is 0 Å². The molecule has 0 spiro atoms. The van der Waals surface area contributed by atoms with Crippen LogP contribution in [-0.2, 0) is 4.74 Å². The number of hydrogen-bond donors (Lipinski definition) is 1.